The number of nitrogens with zero attached hydrogens (tertiary/aromatic N) is 5. The number of amides is 1. The van der Waals surface area contributed by atoms with Gasteiger partial charge >= 0.3 is 5.97 Å². The van der Waals surface area contributed by atoms with Crippen LogP contribution in [0, 0.1) is 6.92 Å². The highest BCUT2D eigenvalue weighted by Crippen LogP contribution is 2.39. The molecule has 0 aliphatic heterocycles. The molecule has 0 saturated heterocycles. The topological polar surface area (TPSA) is 103 Å². The lowest BCUT2D eigenvalue weighted by Gasteiger charge is -2.12. The number of fused-ring (bicyclic) bond motifs is 2. The Morgan fingerprint density at radius 1 is 1.23 bits per heavy atom. The van der Waals surface area contributed by atoms with Crippen molar-refractivity contribution >= 4 is 33.9 Å². The molecule has 4 aromatic heterocycles. The summed E-state index contributed by atoms with van der Waals surface area (Å²) in [6.07, 6.45) is 9.75. The molecule has 0 bridgehead atoms. The summed E-state index contributed by atoms with van der Waals surface area (Å²) in [5, 5.41) is 12.5. The van der Waals surface area contributed by atoms with E-state index in [4.69, 9.17) is 4.74 Å². The van der Waals surface area contributed by atoms with Gasteiger partial charge in [-0.1, -0.05) is 6.92 Å². The maximum absolute atomic E-state index is 13.4. The molecular formula is C25H28N6O3S. The molecule has 0 spiro atoms. The van der Waals surface area contributed by atoms with Crippen LogP contribution in [0.2, 0.25) is 0 Å². The molecule has 9 nitrogen and oxygen atoms in total. The maximum atomic E-state index is 13.4. The first-order valence-corrected chi connectivity index (χ1v) is 12.8. The molecule has 1 amide bonds. The van der Waals surface area contributed by atoms with Crippen molar-refractivity contribution in [3.8, 4) is 11.3 Å². The Bertz CT molecular complexity index is 1420. The molecule has 4 aromatic rings. The first-order valence-electron chi connectivity index (χ1n) is 12.0. The van der Waals surface area contributed by atoms with Crippen molar-refractivity contribution in [2.24, 2.45) is 0 Å². The minimum atomic E-state index is -0.370. The first kappa shape index (κ1) is 23.2. The Hall–Kier alpha value is -3.53. The van der Waals surface area contributed by atoms with E-state index in [-0.39, 0.29) is 11.9 Å². The van der Waals surface area contributed by atoms with Crippen LogP contribution in [0.4, 0.5) is 5.00 Å². The summed E-state index contributed by atoms with van der Waals surface area (Å²) in [4.78, 5) is 31.9. The summed E-state index contributed by atoms with van der Waals surface area (Å²) in [6.45, 7) is 7.05. The maximum Gasteiger partial charge on any atom is 0.341 e. The molecule has 0 radical (unpaired) electrons. The van der Waals surface area contributed by atoms with Crippen molar-refractivity contribution in [2.45, 2.75) is 59.4 Å². The van der Waals surface area contributed by atoms with Crippen LogP contribution in [0.15, 0.2) is 24.7 Å². The van der Waals surface area contributed by atoms with Gasteiger partial charge in [-0.25, -0.2) is 14.3 Å². The van der Waals surface area contributed by atoms with Crippen molar-refractivity contribution in [1.29, 1.82) is 0 Å². The number of esters is 1. The highest BCUT2D eigenvalue weighted by Gasteiger charge is 2.28. The number of anilines is 1. The second-order valence-corrected chi connectivity index (χ2v) is 9.72. The van der Waals surface area contributed by atoms with Crippen LogP contribution in [-0.2, 0) is 24.1 Å². The standard InChI is InChI=1S/C25H28N6O3S/c1-4-12-34-25(33)21-16-8-6-7-9-20(16)35-24(21)28-23(32)17-13-27-31-19(10-11-26-22(17)31)18-14-30(5-2)29-15(18)3/h10-11,13-14H,4-9,12H2,1-3H3,(H,28,32). The third kappa shape index (κ3) is 4.22. The number of carbonyl (C=O) groups is 2. The van der Waals surface area contributed by atoms with Gasteiger partial charge in [0.1, 0.15) is 10.6 Å². The van der Waals surface area contributed by atoms with E-state index < -0.39 is 0 Å². The molecule has 1 aliphatic carbocycles. The summed E-state index contributed by atoms with van der Waals surface area (Å²) >= 11 is 1.47. The van der Waals surface area contributed by atoms with Crippen LogP contribution in [0.5, 0.6) is 0 Å². The largest absolute Gasteiger partial charge is 0.462 e. The van der Waals surface area contributed by atoms with Gasteiger partial charge in [-0.05, 0) is 57.6 Å². The summed E-state index contributed by atoms with van der Waals surface area (Å²) in [6, 6.07) is 1.86. The van der Waals surface area contributed by atoms with Crippen LogP contribution < -0.4 is 5.32 Å². The van der Waals surface area contributed by atoms with E-state index in [2.05, 4.69) is 20.5 Å². The fourth-order valence-corrected chi connectivity index (χ4v) is 5.77. The molecule has 4 heterocycles. The van der Waals surface area contributed by atoms with E-state index in [0.29, 0.717) is 28.4 Å². The molecule has 0 unspecified atom stereocenters. The van der Waals surface area contributed by atoms with Crippen LogP contribution >= 0.6 is 11.3 Å². The van der Waals surface area contributed by atoms with Crippen molar-refractivity contribution in [3.63, 3.8) is 0 Å². The van der Waals surface area contributed by atoms with Gasteiger partial charge in [0.25, 0.3) is 5.91 Å². The molecule has 0 saturated carbocycles. The average Bonchev–Trinajstić information content (AvgIpc) is 3.56. The van der Waals surface area contributed by atoms with Crippen molar-refractivity contribution in [1.82, 2.24) is 24.4 Å². The summed E-state index contributed by atoms with van der Waals surface area (Å²) in [5.41, 5.74) is 4.91. The van der Waals surface area contributed by atoms with Crippen LogP contribution in [0.3, 0.4) is 0 Å². The number of carbonyl (C=O) groups excluding carboxylic acids is 2. The number of aryl methyl sites for hydroxylation is 3. The van der Waals surface area contributed by atoms with Crippen molar-refractivity contribution in [2.75, 3.05) is 11.9 Å². The molecule has 0 fully saturated rings. The quantitative estimate of drug-likeness (QED) is 0.376. The Morgan fingerprint density at radius 2 is 2.06 bits per heavy atom. The number of thiophene rings is 1. The van der Waals surface area contributed by atoms with Gasteiger partial charge in [0.2, 0.25) is 0 Å². The predicted molar refractivity (Wildman–Crippen MR) is 134 cm³/mol. The lowest BCUT2D eigenvalue weighted by molar-refractivity contribution is 0.0505. The van der Waals surface area contributed by atoms with Crippen LogP contribution in [0.1, 0.15) is 70.0 Å². The van der Waals surface area contributed by atoms with Gasteiger partial charge in [0.15, 0.2) is 5.65 Å². The molecule has 1 aliphatic rings. The Kier molecular flexibility index (Phi) is 6.38. The van der Waals surface area contributed by atoms with Crippen LogP contribution in [0.25, 0.3) is 16.9 Å². The SMILES string of the molecule is CCCOC(=O)c1c(NC(=O)c2cnn3c(-c4cn(CC)nc4C)ccnc23)sc2c1CCCC2. The number of hydrogen-bond acceptors (Lipinski definition) is 7. The molecule has 5 rings (SSSR count). The monoisotopic (exact) mass is 492 g/mol. The van der Waals surface area contributed by atoms with Crippen molar-refractivity contribution < 1.29 is 14.3 Å². The highest BCUT2D eigenvalue weighted by atomic mass is 32.1. The van der Waals surface area contributed by atoms with Gasteiger partial charge in [0.05, 0.1) is 29.8 Å². The second kappa shape index (κ2) is 9.61. The van der Waals surface area contributed by atoms with Gasteiger partial charge in [-0.15, -0.1) is 11.3 Å². The third-order valence-corrected chi connectivity index (χ3v) is 7.44. The molecule has 0 atom stereocenters. The Labute approximate surface area is 207 Å². The summed E-state index contributed by atoms with van der Waals surface area (Å²) in [5.74, 6) is -0.723. The molecule has 10 heteroatoms. The van der Waals surface area contributed by atoms with E-state index in [0.717, 1.165) is 66.0 Å². The summed E-state index contributed by atoms with van der Waals surface area (Å²) in [7, 11) is 0. The third-order valence-electron chi connectivity index (χ3n) is 6.23. The molecular weight excluding hydrogens is 464 g/mol. The van der Waals surface area contributed by atoms with Gasteiger partial charge in [0, 0.05) is 29.4 Å². The van der Waals surface area contributed by atoms with Gasteiger partial charge < -0.3 is 10.1 Å². The molecule has 35 heavy (non-hydrogen) atoms. The fraction of sp³-hybridized carbons (Fsp3) is 0.400. The zero-order valence-corrected chi connectivity index (χ0v) is 20.9. The van der Waals surface area contributed by atoms with Gasteiger partial charge in [-0.3, -0.25) is 9.48 Å². The lowest BCUT2D eigenvalue weighted by Crippen LogP contribution is -2.16. The zero-order chi connectivity index (χ0) is 24.5. The smallest absolute Gasteiger partial charge is 0.341 e. The number of nitrogens with one attached hydrogen (secondary N) is 1. The number of aromatic nitrogens is 5. The minimum Gasteiger partial charge on any atom is -0.462 e. The van der Waals surface area contributed by atoms with E-state index in [9.17, 15) is 9.59 Å². The zero-order valence-electron chi connectivity index (χ0n) is 20.1. The van der Waals surface area contributed by atoms with E-state index >= 15 is 0 Å². The summed E-state index contributed by atoms with van der Waals surface area (Å²) < 4.78 is 8.98. The minimum absolute atomic E-state index is 0.339. The Balaban J connectivity index is 1.50. The van der Waals surface area contributed by atoms with E-state index in [1.54, 1.807) is 10.7 Å². The molecule has 0 aromatic carbocycles. The number of hydrogen-bond donors (Lipinski definition) is 1. The first-order chi connectivity index (χ1) is 17.0. The average molecular weight is 493 g/mol. The Morgan fingerprint density at radius 3 is 2.83 bits per heavy atom. The fourth-order valence-electron chi connectivity index (χ4n) is 4.49. The number of rotatable bonds is 7. The number of ether oxygens (including phenoxy) is 1. The highest BCUT2D eigenvalue weighted by molar-refractivity contribution is 7.17. The molecule has 182 valence electrons. The van der Waals surface area contributed by atoms with Crippen molar-refractivity contribution in [3.05, 3.63) is 51.9 Å². The van der Waals surface area contributed by atoms with Crippen LogP contribution in [-0.4, -0.2) is 42.9 Å². The normalized spacial score (nSPS) is 13.1. The predicted octanol–water partition coefficient (Wildman–Crippen LogP) is 4.68. The lowest BCUT2D eigenvalue weighted by atomic mass is 9.95. The second-order valence-electron chi connectivity index (χ2n) is 8.61. The molecule has 1 N–H and O–H groups in total. The van der Waals surface area contributed by atoms with E-state index in [1.165, 1.54) is 17.5 Å². The van der Waals surface area contributed by atoms with Gasteiger partial charge in [-0.2, -0.15) is 10.2 Å². The van der Waals surface area contributed by atoms with E-state index in [1.807, 2.05) is 37.7 Å².